The zero-order valence-electron chi connectivity index (χ0n) is 17.4. The number of rotatable bonds is 5. The third-order valence-electron chi connectivity index (χ3n) is 5.55. The molecular formula is C24H22N4O2S. The van der Waals surface area contributed by atoms with Gasteiger partial charge in [-0.25, -0.2) is 0 Å². The van der Waals surface area contributed by atoms with Crippen LogP contribution >= 0.6 is 11.8 Å². The molecule has 4 aromatic rings. The number of para-hydroxylation sites is 2. The van der Waals surface area contributed by atoms with Gasteiger partial charge < -0.3 is 9.32 Å². The number of amides is 1. The Morgan fingerprint density at radius 3 is 2.65 bits per heavy atom. The van der Waals surface area contributed by atoms with Crippen molar-refractivity contribution < 1.29 is 9.21 Å². The van der Waals surface area contributed by atoms with Crippen LogP contribution < -0.4 is 4.90 Å². The third-order valence-corrected chi connectivity index (χ3v) is 6.46. The van der Waals surface area contributed by atoms with Gasteiger partial charge in [-0.05, 0) is 50.1 Å². The van der Waals surface area contributed by atoms with Gasteiger partial charge in [0.2, 0.25) is 5.91 Å². The van der Waals surface area contributed by atoms with Gasteiger partial charge in [-0.3, -0.25) is 9.36 Å². The van der Waals surface area contributed by atoms with Gasteiger partial charge in [0.25, 0.3) is 0 Å². The maximum absolute atomic E-state index is 13.2. The number of fused-ring (bicyclic) bond motifs is 1. The Hall–Kier alpha value is -3.32. The molecule has 0 spiro atoms. The predicted octanol–water partition coefficient (Wildman–Crippen LogP) is 4.91. The number of anilines is 1. The molecule has 1 aliphatic heterocycles. The molecule has 0 bridgehead atoms. The molecule has 0 aliphatic carbocycles. The normalized spacial score (nSPS) is 15.3. The largest absolute Gasteiger partial charge is 0.469 e. The lowest BCUT2D eigenvalue weighted by molar-refractivity contribution is -0.116. The molecule has 3 heterocycles. The molecule has 0 N–H and O–H groups in total. The molecule has 6 nitrogen and oxygen atoms in total. The topological polar surface area (TPSA) is 64.2 Å². The van der Waals surface area contributed by atoms with E-state index in [9.17, 15) is 4.79 Å². The molecule has 156 valence electrons. The average Bonchev–Trinajstić information content (AvgIpc) is 3.48. The minimum absolute atomic E-state index is 0.0751. The van der Waals surface area contributed by atoms with Crippen molar-refractivity contribution in [3.05, 3.63) is 78.3 Å². The number of hydrogen-bond acceptors (Lipinski definition) is 5. The predicted molar refractivity (Wildman–Crippen MR) is 122 cm³/mol. The van der Waals surface area contributed by atoms with E-state index in [0.717, 1.165) is 29.1 Å². The molecule has 0 radical (unpaired) electrons. The van der Waals surface area contributed by atoms with Crippen LogP contribution in [0.3, 0.4) is 0 Å². The van der Waals surface area contributed by atoms with Crippen molar-refractivity contribution in [1.82, 2.24) is 14.8 Å². The number of nitrogens with zero attached hydrogens (tertiary/aromatic N) is 4. The van der Waals surface area contributed by atoms with E-state index in [0.29, 0.717) is 11.0 Å². The zero-order chi connectivity index (χ0) is 21.4. The van der Waals surface area contributed by atoms with Crippen LogP contribution in [0.25, 0.3) is 17.1 Å². The molecule has 1 aliphatic rings. The molecule has 2 aromatic heterocycles. The van der Waals surface area contributed by atoms with E-state index in [4.69, 9.17) is 4.42 Å². The van der Waals surface area contributed by atoms with Crippen LogP contribution in [0.1, 0.15) is 18.2 Å². The van der Waals surface area contributed by atoms with E-state index in [1.54, 1.807) is 6.26 Å². The first-order valence-electron chi connectivity index (χ1n) is 10.2. The van der Waals surface area contributed by atoms with E-state index in [1.165, 1.54) is 17.3 Å². The Morgan fingerprint density at radius 2 is 1.87 bits per heavy atom. The SMILES string of the molecule is Cc1occc1-c1nnc(SCC(=O)N2c3ccccc3C[C@@H]2C)n1-c1ccccc1. The lowest BCUT2D eigenvalue weighted by atomic mass is 10.1. The molecule has 0 saturated carbocycles. The summed E-state index contributed by atoms with van der Waals surface area (Å²) in [6.07, 6.45) is 2.54. The van der Waals surface area contributed by atoms with Crippen LogP contribution in [0.5, 0.6) is 0 Å². The minimum atomic E-state index is 0.0751. The maximum Gasteiger partial charge on any atom is 0.237 e. The zero-order valence-corrected chi connectivity index (χ0v) is 18.2. The van der Waals surface area contributed by atoms with E-state index in [1.807, 2.05) is 71.0 Å². The first-order chi connectivity index (χ1) is 15.1. The highest BCUT2D eigenvalue weighted by atomic mass is 32.2. The molecule has 2 aromatic carbocycles. The van der Waals surface area contributed by atoms with Gasteiger partial charge in [-0.15, -0.1) is 10.2 Å². The van der Waals surface area contributed by atoms with Crippen molar-refractivity contribution in [1.29, 1.82) is 0 Å². The van der Waals surface area contributed by atoms with E-state index in [2.05, 4.69) is 23.2 Å². The average molecular weight is 431 g/mol. The summed E-state index contributed by atoms with van der Waals surface area (Å²) in [5.41, 5.74) is 4.06. The number of benzene rings is 2. The molecule has 7 heteroatoms. The van der Waals surface area contributed by atoms with Crippen molar-refractivity contribution in [2.75, 3.05) is 10.7 Å². The molecule has 31 heavy (non-hydrogen) atoms. The molecule has 0 saturated heterocycles. The Labute approximate surface area is 184 Å². The van der Waals surface area contributed by atoms with Crippen LogP contribution in [0.4, 0.5) is 5.69 Å². The third kappa shape index (κ3) is 3.55. The Kier molecular flexibility index (Phi) is 5.11. The summed E-state index contributed by atoms with van der Waals surface area (Å²) in [5.74, 6) is 1.84. The Bertz CT molecular complexity index is 1230. The minimum Gasteiger partial charge on any atom is -0.469 e. The fraction of sp³-hybridized carbons (Fsp3) is 0.208. The van der Waals surface area contributed by atoms with Crippen LogP contribution in [-0.4, -0.2) is 32.5 Å². The molecular weight excluding hydrogens is 408 g/mol. The fourth-order valence-electron chi connectivity index (χ4n) is 4.11. The number of carbonyl (C=O) groups is 1. The monoisotopic (exact) mass is 430 g/mol. The molecule has 0 fully saturated rings. The Morgan fingerprint density at radius 1 is 1.10 bits per heavy atom. The lowest BCUT2D eigenvalue weighted by Gasteiger charge is -2.22. The van der Waals surface area contributed by atoms with Crippen LogP contribution in [0.15, 0.2) is 76.5 Å². The summed E-state index contributed by atoms with van der Waals surface area (Å²) in [4.78, 5) is 15.1. The van der Waals surface area contributed by atoms with Crippen LogP contribution in [0, 0.1) is 6.92 Å². The smallest absolute Gasteiger partial charge is 0.237 e. The van der Waals surface area contributed by atoms with Crippen LogP contribution in [0.2, 0.25) is 0 Å². The van der Waals surface area contributed by atoms with Crippen molar-refractivity contribution in [2.24, 2.45) is 0 Å². The van der Waals surface area contributed by atoms with Gasteiger partial charge in [-0.1, -0.05) is 48.2 Å². The quantitative estimate of drug-likeness (QED) is 0.421. The molecule has 1 atom stereocenters. The van der Waals surface area contributed by atoms with E-state index in [-0.39, 0.29) is 17.7 Å². The summed E-state index contributed by atoms with van der Waals surface area (Å²) in [5, 5.41) is 9.52. The van der Waals surface area contributed by atoms with Crippen LogP contribution in [-0.2, 0) is 11.2 Å². The number of aromatic nitrogens is 3. The number of furan rings is 1. The second-order valence-electron chi connectivity index (χ2n) is 7.60. The fourth-order valence-corrected chi connectivity index (χ4v) is 4.92. The number of thioether (sulfide) groups is 1. The van der Waals surface area contributed by atoms with Crippen molar-refractivity contribution in [3.8, 4) is 17.1 Å². The first kappa shape index (κ1) is 19.6. The van der Waals surface area contributed by atoms with Gasteiger partial charge in [0.15, 0.2) is 11.0 Å². The van der Waals surface area contributed by atoms with Crippen molar-refractivity contribution >= 4 is 23.4 Å². The standard InChI is InChI=1S/C24H22N4O2S/c1-16-14-18-8-6-7-11-21(18)27(16)22(29)15-31-24-26-25-23(20-12-13-30-17(20)2)28(24)19-9-4-3-5-10-19/h3-13,16H,14-15H2,1-2H3/t16-/m0/s1. The second-order valence-corrected chi connectivity index (χ2v) is 8.54. The van der Waals surface area contributed by atoms with Gasteiger partial charge in [0, 0.05) is 17.4 Å². The summed E-state index contributed by atoms with van der Waals surface area (Å²) in [6.45, 7) is 4.00. The highest BCUT2D eigenvalue weighted by Crippen LogP contribution is 2.34. The van der Waals surface area contributed by atoms with Crippen molar-refractivity contribution in [2.45, 2.75) is 31.5 Å². The highest BCUT2D eigenvalue weighted by Gasteiger charge is 2.31. The number of hydrogen-bond donors (Lipinski definition) is 0. The molecule has 0 unspecified atom stereocenters. The van der Waals surface area contributed by atoms with Crippen molar-refractivity contribution in [3.63, 3.8) is 0 Å². The van der Waals surface area contributed by atoms with Gasteiger partial charge in [0.05, 0.1) is 17.6 Å². The Balaban J connectivity index is 1.44. The van der Waals surface area contributed by atoms with E-state index < -0.39 is 0 Å². The summed E-state index contributed by atoms with van der Waals surface area (Å²) >= 11 is 1.41. The summed E-state index contributed by atoms with van der Waals surface area (Å²) in [6, 6.07) is 20.1. The summed E-state index contributed by atoms with van der Waals surface area (Å²) < 4.78 is 7.46. The lowest BCUT2D eigenvalue weighted by Crippen LogP contribution is -2.37. The second kappa shape index (κ2) is 8.07. The first-order valence-corrected chi connectivity index (χ1v) is 11.2. The molecule has 1 amide bonds. The number of aryl methyl sites for hydroxylation is 1. The van der Waals surface area contributed by atoms with E-state index >= 15 is 0 Å². The molecule has 5 rings (SSSR count). The van der Waals surface area contributed by atoms with Gasteiger partial charge >= 0.3 is 0 Å². The highest BCUT2D eigenvalue weighted by molar-refractivity contribution is 7.99. The maximum atomic E-state index is 13.2. The number of carbonyl (C=O) groups excluding carboxylic acids is 1. The summed E-state index contributed by atoms with van der Waals surface area (Å²) in [7, 11) is 0. The van der Waals surface area contributed by atoms with Gasteiger partial charge in [-0.2, -0.15) is 0 Å². The van der Waals surface area contributed by atoms with Gasteiger partial charge in [0.1, 0.15) is 5.76 Å².